The predicted octanol–water partition coefficient (Wildman–Crippen LogP) is 1.57. The van der Waals surface area contributed by atoms with Crippen LogP contribution in [-0.2, 0) is 0 Å². The summed E-state index contributed by atoms with van der Waals surface area (Å²) < 4.78 is 0.802. The smallest absolute Gasteiger partial charge is 0.255 e. The van der Waals surface area contributed by atoms with E-state index in [-0.39, 0.29) is 11.9 Å². The highest BCUT2D eigenvalue weighted by molar-refractivity contribution is 9.10. The normalized spacial score (nSPS) is 14.8. The quantitative estimate of drug-likeness (QED) is 0.923. The fourth-order valence-corrected chi connectivity index (χ4v) is 2.37. The minimum absolute atomic E-state index is 0.00849. The summed E-state index contributed by atoms with van der Waals surface area (Å²) in [7, 11) is 0. The van der Waals surface area contributed by atoms with Crippen molar-refractivity contribution in [1.82, 2.24) is 19.9 Å². The number of aromatic nitrogens is 3. The molecule has 2 aromatic heterocycles. The third-order valence-electron chi connectivity index (χ3n) is 3.02. The average Bonchev–Trinajstić information content (AvgIpc) is 2.43. The molecule has 7 heteroatoms. The number of carbonyl (C=O) groups excluding carboxylic acids is 1. The lowest BCUT2D eigenvalue weighted by molar-refractivity contribution is 0.0624. The number of carbonyl (C=O) groups is 1. The molecule has 0 aromatic carbocycles. The van der Waals surface area contributed by atoms with E-state index in [0.29, 0.717) is 24.6 Å². The number of likely N-dealkylation sites (tertiary alicyclic amines) is 1. The largest absolute Gasteiger partial charge is 0.348 e. The first-order valence-corrected chi connectivity index (χ1v) is 6.95. The molecule has 0 aliphatic carbocycles. The number of nitrogens with one attached hydrogen (secondary N) is 1. The van der Waals surface area contributed by atoms with Gasteiger partial charge in [-0.1, -0.05) is 0 Å². The zero-order valence-corrected chi connectivity index (χ0v) is 12.1. The van der Waals surface area contributed by atoms with Crippen molar-refractivity contribution in [3.63, 3.8) is 0 Å². The van der Waals surface area contributed by atoms with Gasteiger partial charge in [-0.05, 0) is 28.1 Å². The van der Waals surface area contributed by atoms with Crippen LogP contribution in [0.4, 0.5) is 5.95 Å². The van der Waals surface area contributed by atoms with Crippen molar-refractivity contribution >= 4 is 27.8 Å². The summed E-state index contributed by atoms with van der Waals surface area (Å²) in [6.45, 7) is 1.28. The van der Waals surface area contributed by atoms with Crippen LogP contribution in [0.3, 0.4) is 0 Å². The van der Waals surface area contributed by atoms with Crippen LogP contribution in [0.2, 0.25) is 0 Å². The molecule has 1 aliphatic heterocycles. The van der Waals surface area contributed by atoms with Gasteiger partial charge in [-0.3, -0.25) is 9.78 Å². The van der Waals surface area contributed by atoms with Crippen molar-refractivity contribution in [2.75, 3.05) is 18.4 Å². The summed E-state index contributed by atoms with van der Waals surface area (Å²) in [5, 5.41) is 3.19. The second-order valence-electron chi connectivity index (χ2n) is 4.52. The van der Waals surface area contributed by atoms with Gasteiger partial charge in [0.1, 0.15) is 0 Å². The lowest BCUT2D eigenvalue weighted by Gasteiger charge is -2.39. The highest BCUT2D eigenvalue weighted by Gasteiger charge is 2.31. The van der Waals surface area contributed by atoms with Gasteiger partial charge in [-0.15, -0.1) is 0 Å². The van der Waals surface area contributed by atoms with E-state index in [1.165, 1.54) is 0 Å². The Labute approximate surface area is 124 Å². The number of halogens is 1. The monoisotopic (exact) mass is 333 g/mol. The van der Waals surface area contributed by atoms with Crippen LogP contribution in [0, 0.1) is 0 Å². The SMILES string of the molecule is O=C(c1cncc(Br)c1)N1CC(Nc2ncccn2)C1. The first-order valence-electron chi connectivity index (χ1n) is 6.16. The molecule has 102 valence electrons. The Morgan fingerprint density at radius 1 is 1.30 bits per heavy atom. The van der Waals surface area contributed by atoms with Crippen LogP contribution in [0.15, 0.2) is 41.4 Å². The van der Waals surface area contributed by atoms with Crippen molar-refractivity contribution in [1.29, 1.82) is 0 Å². The van der Waals surface area contributed by atoms with Gasteiger partial charge in [0.2, 0.25) is 5.95 Å². The summed E-state index contributed by atoms with van der Waals surface area (Å²) in [5.41, 5.74) is 0.591. The number of anilines is 1. The number of rotatable bonds is 3. The van der Waals surface area contributed by atoms with Gasteiger partial charge in [0.05, 0.1) is 11.6 Å². The van der Waals surface area contributed by atoms with Crippen LogP contribution >= 0.6 is 15.9 Å². The van der Waals surface area contributed by atoms with Gasteiger partial charge < -0.3 is 10.2 Å². The van der Waals surface area contributed by atoms with Crippen LogP contribution in [0.1, 0.15) is 10.4 Å². The van der Waals surface area contributed by atoms with Gasteiger partial charge in [-0.25, -0.2) is 9.97 Å². The van der Waals surface area contributed by atoms with Crippen LogP contribution in [0.25, 0.3) is 0 Å². The fraction of sp³-hybridized carbons (Fsp3) is 0.231. The standard InChI is InChI=1S/C13H12BrN5O/c14-10-4-9(5-15-6-10)12(20)19-7-11(8-19)18-13-16-2-1-3-17-13/h1-6,11H,7-8H2,(H,16,17,18). The molecule has 0 radical (unpaired) electrons. The molecule has 6 nitrogen and oxygen atoms in total. The third kappa shape index (κ3) is 2.77. The molecule has 0 unspecified atom stereocenters. The summed E-state index contributed by atoms with van der Waals surface area (Å²) in [4.78, 5) is 26.2. The lowest BCUT2D eigenvalue weighted by Crippen LogP contribution is -2.57. The molecule has 1 fully saturated rings. The van der Waals surface area contributed by atoms with Gasteiger partial charge in [0, 0.05) is 42.3 Å². The molecule has 0 saturated carbocycles. The van der Waals surface area contributed by atoms with E-state index in [4.69, 9.17) is 0 Å². The number of hydrogen-bond acceptors (Lipinski definition) is 5. The second kappa shape index (κ2) is 5.54. The van der Waals surface area contributed by atoms with E-state index < -0.39 is 0 Å². The Kier molecular flexibility index (Phi) is 3.60. The molecule has 1 N–H and O–H groups in total. The van der Waals surface area contributed by atoms with E-state index in [2.05, 4.69) is 36.2 Å². The zero-order valence-electron chi connectivity index (χ0n) is 10.5. The molecule has 1 aliphatic rings. The highest BCUT2D eigenvalue weighted by Crippen LogP contribution is 2.17. The van der Waals surface area contributed by atoms with Crippen LogP contribution in [0.5, 0.6) is 0 Å². The lowest BCUT2D eigenvalue weighted by atomic mass is 10.1. The van der Waals surface area contributed by atoms with Crippen molar-refractivity contribution < 1.29 is 4.79 Å². The molecule has 3 heterocycles. The highest BCUT2D eigenvalue weighted by atomic mass is 79.9. The minimum atomic E-state index is -0.00849. The van der Waals surface area contributed by atoms with Crippen LogP contribution in [-0.4, -0.2) is 44.9 Å². The fourth-order valence-electron chi connectivity index (χ4n) is 2.00. The maximum absolute atomic E-state index is 12.2. The maximum Gasteiger partial charge on any atom is 0.255 e. The molecule has 0 atom stereocenters. The summed E-state index contributed by atoms with van der Waals surface area (Å²) in [5.74, 6) is 0.583. The van der Waals surface area contributed by atoms with E-state index in [0.717, 1.165) is 4.47 Å². The number of nitrogens with zero attached hydrogens (tertiary/aromatic N) is 4. The Morgan fingerprint density at radius 3 is 2.75 bits per heavy atom. The van der Waals surface area contributed by atoms with Gasteiger partial charge in [0.15, 0.2) is 0 Å². The van der Waals surface area contributed by atoms with Crippen molar-refractivity contribution in [2.45, 2.75) is 6.04 Å². The van der Waals surface area contributed by atoms with E-state index in [1.54, 1.807) is 41.8 Å². The Balaban J connectivity index is 1.56. The first kappa shape index (κ1) is 13.0. The minimum Gasteiger partial charge on any atom is -0.348 e. The molecule has 3 rings (SSSR count). The van der Waals surface area contributed by atoms with Crippen molar-refractivity contribution in [2.24, 2.45) is 0 Å². The number of amides is 1. The average molecular weight is 334 g/mol. The Hall–Kier alpha value is -2.02. The molecule has 0 spiro atoms. The predicted molar refractivity (Wildman–Crippen MR) is 77.3 cm³/mol. The Bertz CT molecular complexity index is 615. The first-order chi connectivity index (χ1) is 9.72. The molecular weight excluding hydrogens is 322 g/mol. The van der Waals surface area contributed by atoms with Gasteiger partial charge >= 0.3 is 0 Å². The van der Waals surface area contributed by atoms with Crippen molar-refractivity contribution in [3.05, 3.63) is 47.0 Å². The van der Waals surface area contributed by atoms with Crippen molar-refractivity contribution in [3.8, 4) is 0 Å². The summed E-state index contributed by atoms with van der Waals surface area (Å²) in [6.07, 6.45) is 6.60. The molecule has 0 bridgehead atoms. The molecular formula is C13H12BrN5O. The zero-order chi connectivity index (χ0) is 13.9. The summed E-state index contributed by atoms with van der Waals surface area (Å²) in [6, 6.07) is 3.74. The van der Waals surface area contributed by atoms with Gasteiger partial charge in [0.25, 0.3) is 5.91 Å². The number of pyridine rings is 1. The topological polar surface area (TPSA) is 71.0 Å². The molecule has 1 amide bonds. The molecule has 2 aromatic rings. The van der Waals surface area contributed by atoms with E-state index in [9.17, 15) is 4.79 Å². The number of hydrogen-bond donors (Lipinski definition) is 1. The van der Waals surface area contributed by atoms with E-state index >= 15 is 0 Å². The molecule has 20 heavy (non-hydrogen) atoms. The third-order valence-corrected chi connectivity index (χ3v) is 3.45. The van der Waals surface area contributed by atoms with E-state index in [1.807, 2.05) is 0 Å². The maximum atomic E-state index is 12.2. The second-order valence-corrected chi connectivity index (χ2v) is 5.43. The van der Waals surface area contributed by atoms with Crippen LogP contribution < -0.4 is 5.32 Å². The molecule has 1 saturated heterocycles. The van der Waals surface area contributed by atoms with Gasteiger partial charge in [-0.2, -0.15) is 0 Å². The summed E-state index contributed by atoms with van der Waals surface area (Å²) >= 11 is 3.31. The Morgan fingerprint density at radius 2 is 2.05 bits per heavy atom.